The fourth-order valence-corrected chi connectivity index (χ4v) is 1.07. The molecule has 0 amide bonds. The highest BCUT2D eigenvalue weighted by Crippen LogP contribution is 2.14. The van der Waals surface area contributed by atoms with Gasteiger partial charge < -0.3 is 0 Å². The van der Waals surface area contributed by atoms with E-state index in [-0.39, 0.29) is 0 Å². The highest BCUT2D eigenvalue weighted by molar-refractivity contribution is 6.18. The summed E-state index contributed by atoms with van der Waals surface area (Å²) in [5.74, 6) is 0.626. The molecule has 58 valence electrons. The van der Waals surface area contributed by atoms with Crippen molar-refractivity contribution in [3.8, 4) is 0 Å². The van der Waals surface area contributed by atoms with Crippen LogP contribution in [0.15, 0.2) is 31.1 Å². The molecular formula is C9H10ClN. The Hall–Kier alpha value is -0.820. The maximum atomic E-state index is 5.57. The molecule has 1 aromatic heterocycles. The number of rotatable bonds is 3. The van der Waals surface area contributed by atoms with E-state index in [1.807, 2.05) is 12.1 Å². The summed E-state index contributed by atoms with van der Waals surface area (Å²) >= 11 is 5.57. The molecule has 0 aliphatic heterocycles. The van der Waals surface area contributed by atoms with E-state index < -0.39 is 0 Å². The van der Waals surface area contributed by atoms with Crippen LogP contribution in [0.25, 0.3) is 5.57 Å². The number of aromatic nitrogens is 1. The summed E-state index contributed by atoms with van der Waals surface area (Å²) in [5.41, 5.74) is 2.20. The van der Waals surface area contributed by atoms with Crippen LogP contribution >= 0.6 is 11.6 Å². The number of halogens is 1. The third-order valence-electron chi connectivity index (χ3n) is 1.48. The second kappa shape index (κ2) is 4.14. The highest BCUT2D eigenvalue weighted by Gasteiger charge is 1.95. The van der Waals surface area contributed by atoms with Crippen molar-refractivity contribution in [3.63, 3.8) is 0 Å². The molecule has 0 bridgehead atoms. The Morgan fingerprint density at radius 2 is 2.09 bits per heavy atom. The van der Waals surface area contributed by atoms with Crippen molar-refractivity contribution in [1.29, 1.82) is 0 Å². The lowest BCUT2D eigenvalue weighted by atomic mass is 10.1. The van der Waals surface area contributed by atoms with Crippen molar-refractivity contribution in [2.24, 2.45) is 0 Å². The van der Waals surface area contributed by atoms with Crippen molar-refractivity contribution in [2.45, 2.75) is 6.42 Å². The molecule has 11 heavy (non-hydrogen) atoms. The number of hydrogen-bond donors (Lipinski definition) is 0. The largest absolute Gasteiger partial charge is 0.265 e. The molecule has 1 nitrogen and oxygen atoms in total. The molecule has 0 radical (unpaired) electrons. The van der Waals surface area contributed by atoms with Gasteiger partial charge in [-0.3, -0.25) is 4.98 Å². The summed E-state index contributed by atoms with van der Waals surface area (Å²) in [4.78, 5) is 3.91. The standard InChI is InChI=1S/C9H10ClN/c1-8(2-5-10)9-3-6-11-7-4-9/h3-4,6-7H,1-2,5H2. The van der Waals surface area contributed by atoms with E-state index in [1.54, 1.807) is 12.4 Å². The van der Waals surface area contributed by atoms with Crippen LogP contribution in [0.4, 0.5) is 0 Å². The molecule has 0 unspecified atom stereocenters. The van der Waals surface area contributed by atoms with Crippen LogP contribution in [-0.4, -0.2) is 10.9 Å². The maximum Gasteiger partial charge on any atom is 0.0273 e. The van der Waals surface area contributed by atoms with Gasteiger partial charge in [-0.05, 0) is 29.7 Å². The van der Waals surface area contributed by atoms with E-state index in [2.05, 4.69) is 11.6 Å². The van der Waals surface area contributed by atoms with Crippen LogP contribution < -0.4 is 0 Å². The molecule has 2 heteroatoms. The zero-order chi connectivity index (χ0) is 8.10. The van der Waals surface area contributed by atoms with Gasteiger partial charge in [-0.25, -0.2) is 0 Å². The number of hydrogen-bond acceptors (Lipinski definition) is 1. The van der Waals surface area contributed by atoms with Crippen molar-refractivity contribution < 1.29 is 0 Å². The van der Waals surface area contributed by atoms with Crippen LogP contribution in [0.1, 0.15) is 12.0 Å². The average molecular weight is 168 g/mol. The quantitative estimate of drug-likeness (QED) is 0.631. The Morgan fingerprint density at radius 1 is 1.45 bits per heavy atom. The molecule has 0 N–H and O–H groups in total. The van der Waals surface area contributed by atoms with E-state index in [9.17, 15) is 0 Å². The van der Waals surface area contributed by atoms with Crippen LogP contribution in [0.5, 0.6) is 0 Å². The first-order valence-electron chi connectivity index (χ1n) is 3.48. The molecule has 1 heterocycles. The van der Waals surface area contributed by atoms with E-state index in [1.165, 1.54) is 0 Å². The lowest BCUT2D eigenvalue weighted by molar-refractivity contribution is 1.24. The molecule has 0 fully saturated rings. The SMILES string of the molecule is C=C(CCCl)c1ccncc1. The second-order valence-corrected chi connectivity index (χ2v) is 2.66. The first kappa shape index (κ1) is 8.28. The van der Waals surface area contributed by atoms with Gasteiger partial charge in [-0.2, -0.15) is 0 Å². The number of alkyl halides is 1. The smallest absolute Gasteiger partial charge is 0.0273 e. The molecule has 0 saturated carbocycles. The van der Waals surface area contributed by atoms with Gasteiger partial charge in [0.1, 0.15) is 0 Å². The third-order valence-corrected chi connectivity index (χ3v) is 1.67. The van der Waals surface area contributed by atoms with Crippen LogP contribution in [0.3, 0.4) is 0 Å². The first-order valence-corrected chi connectivity index (χ1v) is 4.02. The third kappa shape index (κ3) is 2.35. The molecular weight excluding hydrogens is 158 g/mol. The number of nitrogens with zero attached hydrogens (tertiary/aromatic N) is 1. The zero-order valence-corrected chi connectivity index (χ0v) is 7.01. The highest BCUT2D eigenvalue weighted by atomic mass is 35.5. The second-order valence-electron chi connectivity index (χ2n) is 2.28. The van der Waals surface area contributed by atoms with Gasteiger partial charge in [0.05, 0.1) is 0 Å². The fraction of sp³-hybridized carbons (Fsp3) is 0.222. The van der Waals surface area contributed by atoms with E-state index in [0.717, 1.165) is 17.6 Å². The Morgan fingerprint density at radius 3 is 2.64 bits per heavy atom. The van der Waals surface area contributed by atoms with E-state index in [0.29, 0.717) is 5.88 Å². The molecule has 0 aliphatic rings. The predicted octanol–water partition coefficient (Wildman–Crippen LogP) is 2.72. The van der Waals surface area contributed by atoms with Crippen LogP contribution in [0.2, 0.25) is 0 Å². The molecule has 0 spiro atoms. The summed E-state index contributed by atoms with van der Waals surface area (Å²) in [6.45, 7) is 3.90. The van der Waals surface area contributed by atoms with Gasteiger partial charge in [0.15, 0.2) is 0 Å². The van der Waals surface area contributed by atoms with Gasteiger partial charge in [-0.15, -0.1) is 11.6 Å². The Bertz CT molecular complexity index is 231. The van der Waals surface area contributed by atoms with Crippen molar-refractivity contribution in [1.82, 2.24) is 4.98 Å². The molecule has 1 rings (SSSR count). The molecule has 0 saturated heterocycles. The minimum Gasteiger partial charge on any atom is -0.265 e. The summed E-state index contributed by atoms with van der Waals surface area (Å²) in [5, 5.41) is 0. The Labute approximate surface area is 71.7 Å². The minimum absolute atomic E-state index is 0.626. The van der Waals surface area contributed by atoms with Gasteiger partial charge in [0.2, 0.25) is 0 Å². The van der Waals surface area contributed by atoms with Gasteiger partial charge >= 0.3 is 0 Å². The van der Waals surface area contributed by atoms with E-state index in [4.69, 9.17) is 11.6 Å². The summed E-state index contributed by atoms with van der Waals surface area (Å²) < 4.78 is 0. The van der Waals surface area contributed by atoms with Crippen molar-refractivity contribution in [3.05, 3.63) is 36.7 Å². The van der Waals surface area contributed by atoms with Crippen LogP contribution in [0, 0.1) is 0 Å². The normalized spacial score (nSPS) is 9.55. The average Bonchev–Trinajstić information content (AvgIpc) is 2.07. The lowest BCUT2D eigenvalue weighted by Gasteiger charge is -2.00. The Balaban J connectivity index is 2.69. The monoisotopic (exact) mass is 167 g/mol. The topological polar surface area (TPSA) is 12.9 Å². The van der Waals surface area contributed by atoms with Gasteiger partial charge in [-0.1, -0.05) is 6.58 Å². The lowest BCUT2D eigenvalue weighted by Crippen LogP contribution is -1.83. The van der Waals surface area contributed by atoms with E-state index >= 15 is 0 Å². The number of pyridine rings is 1. The molecule has 0 aliphatic carbocycles. The summed E-state index contributed by atoms with van der Waals surface area (Å²) in [7, 11) is 0. The zero-order valence-electron chi connectivity index (χ0n) is 6.26. The molecule has 0 atom stereocenters. The molecule has 1 aromatic rings. The van der Waals surface area contributed by atoms with Gasteiger partial charge in [0.25, 0.3) is 0 Å². The minimum atomic E-state index is 0.626. The van der Waals surface area contributed by atoms with Gasteiger partial charge in [0, 0.05) is 18.3 Å². The number of allylic oxidation sites excluding steroid dienone is 1. The predicted molar refractivity (Wildman–Crippen MR) is 48.6 cm³/mol. The molecule has 0 aromatic carbocycles. The van der Waals surface area contributed by atoms with Crippen molar-refractivity contribution in [2.75, 3.05) is 5.88 Å². The first-order chi connectivity index (χ1) is 5.34. The summed E-state index contributed by atoms with van der Waals surface area (Å²) in [6, 6.07) is 3.88. The fourth-order valence-electron chi connectivity index (χ4n) is 0.846. The van der Waals surface area contributed by atoms with Crippen molar-refractivity contribution >= 4 is 17.2 Å². The van der Waals surface area contributed by atoms with Crippen LogP contribution in [-0.2, 0) is 0 Å². The maximum absolute atomic E-state index is 5.57. The summed E-state index contributed by atoms with van der Waals surface area (Å²) in [6.07, 6.45) is 4.36. The Kier molecular flexibility index (Phi) is 3.12.